The molecular formula is C14H15Br2N. The Kier molecular flexibility index (Phi) is 3.07. The average molecular weight is 357 g/mol. The first-order valence-corrected chi connectivity index (χ1v) is 8.00. The summed E-state index contributed by atoms with van der Waals surface area (Å²) in [7, 11) is 0. The molecule has 0 spiro atoms. The molecule has 90 valence electrons. The maximum atomic E-state index is 3.65. The molecule has 1 aliphatic rings. The minimum Gasteiger partial charge on any atom is -0.344 e. The van der Waals surface area contributed by atoms with Crippen LogP contribution in [0.3, 0.4) is 0 Å². The van der Waals surface area contributed by atoms with Gasteiger partial charge in [0.2, 0.25) is 0 Å². The Balaban J connectivity index is 2.39. The van der Waals surface area contributed by atoms with Crippen molar-refractivity contribution in [3.63, 3.8) is 0 Å². The zero-order chi connectivity index (χ0) is 12.0. The lowest BCUT2D eigenvalue weighted by Crippen LogP contribution is -2.08. The van der Waals surface area contributed by atoms with Crippen LogP contribution in [0.4, 0.5) is 0 Å². The standard InChI is InChI=1S/C14H15Br2N/c1-9-12(4-5-15)13-8-11(16)7-10-3-2-6-17(9)14(10)13/h7-8H,2-6H2,1H3. The lowest BCUT2D eigenvalue weighted by Gasteiger charge is -2.17. The highest BCUT2D eigenvalue weighted by atomic mass is 79.9. The Morgan fingerprint density at radius 2 is 2.18 bits per heavy atom. The monoisotopic (exact) mass is 355 g/mol. The molecule has 3 rings (SSSR count). The van der Waals surface area contributed by atoms with E-state index in [9.17, 15) is 0 Å². The summed E-state index contributed by atoms with van der Waals surface area (Å²) in [5, 5.41) is 2.49. The Morgan fingerprint density at radius 3 is 2.94 bits per heavy atom. The van der Waals surface area contributed by atoms with E-state index in [4.69, 9.17) is 0 Å². The molecule has 0 aliphatic carbocycles. The fourth-order valence-corrected chi connectivity index (χ4v) is 3.94. The smallest absolute Gasteiger partial charge is 0.0518 e. The van der Waals surface area contributed by atoms with Crippen molar-refractivity contribution in [2.24, 2.45) is 0 Å². The van der Waals surface area contributed by atoms with Crippen LogP contribution in [0.2, 0.25) is 0 Å². The third-order valence-corrected chi connectivity index (χ3v) is 4.62. The molecule has 3 heteroatoms. The number of aromatic nitrogens is 1. The van der Waals surface area contributed by atoms with Gasteiger partial charge >= 0.3 is 0 Å². The zero-order valence-electron chi connectivity index (χ0n) is 9.89. The zero-order valence-corrected chi connectivity index (χ0v) is 13.1. The number of alkyl halides is 1. The summed E-state index contributed by atoms with van der Waals surface area (Å²) in [6.07, 6.45) is 3.60. The maximum absolute atomic E-state index is 3.65. The molecule has 0 saturated carbocycles. The first kappa shape index (κ1) is 11.8. The van der Waals surface area contributed by atoms with Crippen LogP contribution in [0.15, 0.2) is 16.6 Å². The van der Waals surface area contributed by atoms with Gasteiger partial charge in [0.25, 0.3) is 0 Å². The normalized spacial score (nSPS) is 14.5. The van der Waals surface area contributed by atoms with Crippen molar-refractivity contribution in [3.05, 3.63) is 33.4 Å². The van der Waals surface area contributed by atoms with E-state index in [1.54, 1.807) is 0 Å². The molecule has 1 aliphatic heterocycles. The lowest BCUT2D eigenvalue weighted by molar-refractivity contribution is 0.621. The molecule has 0 atom stereocenters. The minimum absolute atomic E-state index is 1.04. The third kappa shape index (κ3) is 1.78. The molecule has 2 heterocycles. The Bertz CT molecular complexity index is 584. The molecule has 1 nitrogen and oxygen atoms in total. The third-order valence-electron chi connectivity index (χ3n) is 3.76. The Hall–Kier alpha value is -0.280. The van der Waals surface area contributed by atoms with Gasteiger partial charge in [-0.1, -0.05) is 31.9 Å². The van der Waals surface area contributed by atoms with Gasteiger partial charge < -0.3 is 4.57 Å². The summed E-state index contributed by atoms with van der Waals surface area (Å²) in [6.45, 7) is 3.44. The molecule has 0 saturated heterocycles. The second kappa shape index (κ2) is 4.43. The second-order valence-corrected chi connectivity index (χ2v) is 6.43. The van der Waals surface area contributed by atoms with E-state index in [-0.39, 0.29) is 0 Å². The summed E-state index contributed by atoms with van der Waals surface area (Å²) in [4.78, 5) is 0. The van der Waals surface area contributed by atoms with Crippen LogP contribution >= 0.6 is 31.9 Å². The molecule has 0 bridgehead atoms. The number of hydrogen-bond donors (Lipinski definition) is 0. The van der Waals surface area contributed by atoms with Crippen molar-refractivity contribution in [2.45, 2.75) is 32.7 Å². The van der Waals surface area contributed by atoms with Crippen LogP contribution in [0, 0.1) is 6.92 Å². The molecule has 0 unspecified atom stereocenters. The number of benzene rings is 1. The average Bonchev–Trinajstić information content (AvgIpc) is 2.57. The Labute approximate surface area is 118 Å². The molecular weight excluding hydrogens is 342 g/mol. The largest absolute Gasteiger partial charge is 0.344 e. The van der Waals surface area contributed by atoms with E-state index in [0.717, 1.165) is 11.8 Å². The van der Waals surface area contributed by atoms with Gasteiger partial charge in [-0.3, -0.25) is 0 Å². The van der Waals surface area contributed by atoms with Crippen molar-refractivity contribution in [1.82, 2.24) is 4.57 Å². The van der Waals surface area contributed by atoms with Crippen LogP contribution in [0.1, 0.15) is 23.2 Å². The summed E-state index contributed by atoms with van der Waals surface area (Å²) in [6, 6.07) is 4.57. The van der Waals surface area contributed by atoms with Crippen LogP contribution in [0.25, 0.3) is 10.9 Å². The molecule has 1 aromatic carbocycles. The van der Waals surface area contributed by atoms with E-state index in [2.05, 4.69) is 55.5 Å². The van der Waals surface area contributed by atoms with Gasteiger partial charge in [0.15, 0.2) is 0 Å². The van der Waals surface area contributed by atoms with Crippen LogP contribution in [0.5, 0.6) is 0 Å². The summed E-state index contributed by atoms with van der Waals surface area (Å²) in [5.74, 6) is 0. The van der Waals surface area contributed by atoms with Crippen molar-refractivity contribution in [3.8, 4) is 0 Å². The van der Waals surface area contributed by atoms with Gasteiger partial charge in [0.05, 0.1) is 5.52 Å². The topological polar surface area (TPSA) is 4.93 Å². The van der Waals surface area contributed by atoms with Crippen molar-refractivity contribution in [1.29, 1.82) is 0 Å². The van der Waals surface area contributed by atoms with Crippen LogP contribution in [-0.4, -0.2) is 9.90 Å². The molecule has 1 aromatic heterocycles. The van der Waals surface area contributed by atoms with E-state index in [1.807, 2.05) is 0 Å². The summed E-state index contributed by atoms with van der Waals surface area (Å²) < 4.78 is 3.73. The SMILES string of the molecule is Cc1c(CCBr)c2cc(Br)cc3c2n1CCC3. The van der Waals surface area contributed by atoms with Crippen molar-refractivity contribution >= 4 is 42.8 Å². The number of aryl methyl sites for hydroxylation is 3. The van der Waals surface area contributed by atoms with Crippen LogP contribution < -0.4 is 0 Å². The molecule has 17 heavy (non-hydrogen) atoms. The predicted octanol–water partition coefficient (Wildman–Crippen LogP) is 4.60. The van der Waals surface area contributed by atoms with E-state index in [0.29, 0.717) is 0 Å². The number of nitrogens with zero attached hydrogens (tertiary/aromatic N) is 1. The van der Waals surface area contributed by atoms with Gasteiger partial charge in [-0.15, -0.1) is 0 Å². The fourth-order valence-electron chi connectivity index (χ4n) is 3.04. The van der Waals surface area contributed by atoms with Crippen LogP contribution in [-0.2, 0) is 19.4 Å². The predicted molar refractivity (Wildman–Crippen MR) is 80.2 cm³/mol. The highest BCUT2D eigenvalue weighted by molar-refractivity contribution is 9.10. The fraction of sp³-hybridized carbons (Fsp3) is 0.429. The molecule has 0 radical (unpaired) electrons. The summed E-state index contributed by atoms with van der Waals surface area (Å²) >= 11 is 7.22. The first-order valence-electron chi connectivity index (χ1n) is 6.08. The van der Waals surface area contributed by atoms with Gasteiger partial charge in [0, 0.05) is 27.4 Å². The Morgan fingerprint density at radius 1 is 1.35 bits per heavy atom. The highest BCUT2D eigenvalue weighted by Gasteiger charge is 2.19. The molecule has 0 fully saturated rings. The molecule has 0 amide bonds. The van der Waals surface area contributed by atoms with Gasteiger partial charge in [-0.25, -0.2) is 0 Å². The van der Waals surface area contributed by atoms with Gasteiger partial charge in [0.1, 0.15) is 0 Å². The number of halogens is 2. The summed E-state index contributed by atoms with van der Waals surface area (Å²) in [5.41, 5.74) is 5.96. The molecule has 2 aromatic rings. The van der Waals surface area contributed by atoms with Crippen molar-refractivity contribution < 1.29 is 0 Å². The van der Waals surface area contributed by atoms with E-state index < -0.39 is 0 Å². The van der Waals surface area contributed by atoms with E-state index in [1.165, 1.54) is 51.6 Å². The number of rotatable bonds is 2. The lowest BCUT2D eigenvalue weighted by atomic mass is 10.0. The van der Waals surface area contributed by atoms with E-state index >= 15 is 0 Å². The first-order chi connectivity index (χ1) is 8.22. The number of hydrogen-bond acceptors (Lipinski definition) is 0. The van der Waals surface area contributed by atoms with Gasteiger partial charge in [-0.2, -0.15) is 0 Å². The highest BCUT2D eigenvalue weighted by Crippen LogP contribution is 2.35. The quantitative estimate of drug-likeness (QED) is 0.693. The molecule has 0 N–H and O–H groups in total. The van der Waals surface area contributed by atoms with Crippen molar-refractivity contribution in [2.75, 3.05) is 5.33 Å². The maximum Gasteiger partial charge on any atom is 0.0518 e. The minimum atomic E-state index is 1.04. The second-order valence-electron chi connectivity index (χ2n) is 4.72. The van der Waals surface area contributed by atoms with Gasteiger partial charge in [-0.05, 0) is 49.4 Å².